The van der Waals surface area contributed by atoms with E-state index in [9.17, 15) is 4.79 Å². The van der Waals surface area contributed by atoms with Crippen LogP contribution in [0, 0.1) is 0 Å². The third-order valence-corrected chi connectivity index (χ3v) is 6.94. The number of hydrogen-bond acceptors (Lipinski definition) is 3. The van der Waals surface area contributed by atoms with Gasteiger partial charge in [0, 0.05) is 6.61 Å². The quantitative estimate of drug-likeness (QED) is 0.620. The molecule has 2 fully saturated rings. The van der Waals surface area contributed by atoms with E-state index >= 15 is 0 Å². The number of benzene rings is 1. The molecule has 1 unspecified atom stereocenters. The number of fused-ring (bicyclic) bond motifs is 1. The van der Waals surface area contributed by atoms with Gasteiger partial charge in [-0.25, -0.2) is 4.79 Å². The lowest BCUT2D eigenvalue weighted by Gasteiger charge is -2.26. The minimum atomic E-state index is -0.248. The van der Waals surface area contributed by atoms with Crippen LogP contribution in [0.5, 0.6) is 0 Å². The fraction of sp³-hybridized carbons (Fsp3) is 0.708. The first-order valence-corrected chi connectivity index (χ1v) is 11.4. The number of ether oxygens (including phenoxy) is 2. The molecule has 0 radical (unpaired) electrons. The number of rotatable bonds is 8. The fourth-order valence-corrected chi connectivity index (χ4v) is 5.24. The topological polar surface area (TPSA) is 47.6 Å². The molecular weight excluding hydrogens is 350 g/mol. The summed E-state index contributed by atoms with van der Waals surface area (Å²) in [7, 11) is 0. The second kappa shape index (κ2) is 8.86. The fourth-order valence-electron chi connectivity index (χ4n) is 5.24. The molecule has 1 saturated heterocycles. The summed E-state index contributed by atoms with van der Waals surface area (Å²) in [6.07, 6.45) is 13.1. The second-order valence-electron chi connectivity index (χ2n) is 9.10. The summed E-state index contributed by atoms with van der Waals surface area (Å²) < 4.78 is 11.3. The van der Waals surface area contributed by atoms with Crippen LogP contribution in [-0.4, -0.2) is 30.9 Å². The third-order valence-electron chi connectivity index (χ3n) is 6.94. The Morgan fingerprint density at radius 1 is 1.18 bits per heavy atom. The molecule has 0 aromatic heterocycles. The molecule has 1 heterocycles. The largest absolute Gasteiger partial charge is 0.447 e. The van der Waals surface area contributed by atoms with Crippen LogP contribution in [0.1, 0.15) is 87.3 Å². The summed E-state index contributed by atoms with van der Waals surface area (Å²) >= 11 is 0. The zero-order chi connectivity index (χ0) is 19.4. The van der Waals surface area contributed by atoms with Gasteiger partial charge in [-0.1, -0.05) is 50.8 Å². The number of nitrogens with one attached hydrogen (secondary N) is 1. The molecule has 3 aliphatic rings. The number of carbonyl (C=O) groups is 1. The second-order valence-corrected chi connectivity index (χ2v) is 9.10. The van der Waals surface area contributed by atoms with Gasteiger partial charge in [-0.2, -0.15) is 0 Å². The van der Waals surface area contributed by atoms with Gasteiger partial charge >= 0.3 is 6.09 Å². The maximum absolute atomic E-state index is 11.5. The van der Waals surface area contributed by atoms with Gasteiger partial charge in [0.1, 0.15) is 6.61 Å². The van der Waals surface area contributed by atoms with Crippen molar-refractivity contribution < 1.29 is 14.3 Å². The van der Waals surface area contributed by atoms with Crippen molar-refractivity contribution >= 4 is 6.09 Å². The molecule has 0 bridgehead atoms. The lowest BCUT2D eigenvalue weighted by Crippen LogP contribution is -2.40. The Labute approximate surface area is 169 Å². The van der Waals surface area contributed by atoms with Gasteiger partial charge in [-0.15, -0.1) is 0 Å². The normalized spacial score (nSPS) is 29.0. The van der Waals surface area contributed by atoms with Crippen LogP contribution in [0.25, 0.3) is 0 Å². The number of hydrogen-bond donors (Lipinski definition) is 1. The van der Waals surface area contributed by atoms with Gasteiger partial charge in [0.2, 0.25) is 0 Å². The summed E-state index contributed by atoms with van der Waals surface area (Å²) in [6.45, 7) is 3.71. The molecule has 1 N–H and O–H groups in total. The molecule has 4 heteroatoms. The number of cyclic esters (lactones) is 1. The van der Waals surface area contributed by atoms with Crippen molar-refractivity contribution in [3.63, 3.8) is 0 Å². The van der Waals surface area contributed by atoms with Gasteiger partial charge in [0.15, 0.2) is 0 Å². The van der Waals surface area contributed by atoms with Gasteiger partial charge in [0.05, 0.1) is 11.6 Å². The smallest absolute Gasteiger partial charge is 0.407 e. The Hall–Kier alpha value is -1.55. The maximum Gasteiger partial charge on any atom is 0.407 e. The molecule has 3 atom stereocenters. The van der Waals surface area contributed by atoms with Crippen LogP contribution in [0.2, 0.25) is 0 Å². The van der Waals surface area contributed by atoms with Crippen molar-refractivity contribution in [2.45, 2.75) is 95.1 Å². The average Bonchev–Trinajstić information content (AvgIpc) is 3.29. The molecule has 1 aromatic carbocycles. The van der Waals surface area contributed by atoms with Crippen LogP contribution in [0.3, 0.4) is 0 Å². The van der Waals surface area contributed by atoms with Gasteiger partial charge in [-0.05, 0) is 67.6 Å². The van der Waals surface area contributed by atoms with Crippen molar-refractivity contribution in [3.8, 4) is 0 Å². The van der Waals surface area contributed by atoms with E-state index in [0.29, 0.717) is 18.6 Å². The number of carbonyl (C=O) groups excluding carboxylic acids is 1. The van der Waals surface area contributed by atoms with Gasteiger partial charge in [0.25, 0.3) is 0 Å². The predicted octanol–water partition coefficient (Wildman–Crippen LogP) is 5.28. The molecule has 1 aliphatic heterocycles. The molecule has 1 saturated carbocycles. The first-order valence-electron chi connectivity index (χ1n) is 11.4. The van der Waals surface area contributed by atoms with Crippen LogP contribution in [0.15, 0.2) is 18.2 Å². The van der Waals surface area contributed by atoms with Crippen LogP contribution in [-0.2, 0) is 22.3 Å². The van der Waals surface area contributed by atoms with E-state index in [-0.39, 0.29) is 11.6 Å². The van der Waals surface area contributed by atoms with E-state index in [0.717, 1.165) is 45.1 Å². The first kappa shape index (κ1) is 19.8. The maximum atomic E-state index is 11.5. The Morgan fingerprint density at radius 3 is 2.89 bits per heavy atom. The van der Waals surface area contributed by atoms with E-state index in [1.807, 2.05) is 0 Å². The van der Waals surface area contributed by atoms with E-state index in [1.54, 1.807) is 0 Å². The monoisotopic (exact) mass is 385 g/mol. The highest BCUT2D eigenvalue weighted by Crippen LogP contribution is 2.43. The number of amides is 1. The zero-order valence-corrected chi connectivity index (χ0v) is 17.3. The van der Waals surface area contributed by atoms with Crippen molar-refractivity contribution in [3.05, 3.63) is 34.9 Å². The van der Waals surface area contributed by atoms with E-state index in [2.05, 4.69) is 30.4 Å². The lowest BCUT2D eigenvalue weighted by molar-refractivity contribution is 0.0417. The molecule has 1 spiro atoms. The van der Waals surface area contributed by atoms with Crippen LogP contribution < -0.4 is 5.32 Å². The molecule has 28 heavy (non-hydrogen) atoms. The van der Waals surface area contributed by atoms with Crippen molar-refractivity contribution in [2.75, 3.05) is 13.2 Å². The summed E-state index contributed by atoms with van der Waals surface area (Å²) in [5.74, 6) is 0.532. The highest BCUT2D eigenvalue weighted by atomic mass is 16.6. The third kappa shape index (κ3) is 4.53. The Balaban J connectivity index is 1.28. The first-order chi connectivity index (χ1) is 13.7. The van der Waals surface area contributed by atoms with Gasteiger partial charge < -0.3 is 14.8 Å². The SMILES string of the molecule is CCCCCCCOC1CCc2cc([C@H]3CC[C@]4(COC(=O)N4)C3)ccc2C1. The summed E-state index contributed by atoms with van der Waals surface area (Å²) in [5, 5.41) is 3.05. The van der Waals surface area contributed by atoms with E-state index < -0.39 is 0 Å². The van der Waals surface area contributed by atoms with Crippen molar-refractivity contribution in [1.29, 1.82) is 0 Å². The predicted molar refractivity (Wildman–Crippen MR) is 111 cm³/mol. The summed E-state index contributed by atoms with van der Waals surface area (Å²) in [5.41, 5.74) is 4.30. The number of unbranched alkanes of at least 4 members (excludes halogenated alkanes) is 4. The van der Waals surface area contributed by atoms with E-state index in [1.165, 1.54) is 48.8 Å². The Morgan fingerprint density at radius 2 is 2.07 bits per heavy atom. The van der Waals surface area contributed by atoms with Crippen molar-refractivity contribution in [1.82, 2.24) is 5.32 Å². The Kier molecular flexibility index (Phi) is 6.25. The number of alkyl carbamates (subject to hydrolysis) is 1. The molecule has 4 nitrogen and oxygen atoms in total. The van der Waals surface area contributed by atoms with Gasteiger partial charge in [-0.3, -0.25) is 0 Å². The minimum Gasteiger partial charge on any atom is -0.447 e. The summed E-state index contributed by atoms with van der Waals surface area (Å²) in [4.78, 5) is 11.5. The molecular formula is C24H35NO3. The molecule has 2 aliphatic carbocycles. The highest BCUT2D eigenvalue weighted by molar-refractivity contribution is 5.70. The van der Waals surface area contributed by atoms with Crippen LogP contribution in [0.4, 0.5) is 4.79 Å². The average molecular weight is 386 g/mol. The molecule has 4 rings (SSSR count). The Bertz CT molecular complexity index is 688. The van der Waals surface area contributed by atoms with E-state index in [4.69, 9.17) is 9.47 Å². The minimum absolute atomic E-state index is 0.117. The molecule has 1 aromatic rings. The standard InChI is InChI=1S/C24H35NO3/c1-2-3-4-5-6-13-27-22-10-9-18-14-19(7-8-20(18)15-22)21-11-12-24(16-21)17-28-23(26)25-24/h7-8,14,21-22H,2-6,9-13,15-17H2,1H3,(H,25,26)/t21-,22?,24+/m0/s1. The lowest BCUT2D eigenvalue weighted by atomic mass is 9.85. The zero-order valence-electron chi connectivity index (χ0n) is 17.3. The van der Waals surface area contributed by atoms with Crippen molar-refractivity contribution in [2.24, 2.45) is 0 Å². The number of aryl methyl sites for hydroxylation is 1. The summed E-state index contributed by atoms with van der Waals surface area (Å²) in [6, 6.07) is 7.07. The van der Waals surface area contributed by atoms with Crippen LogP contribution >= 0.6 is 0 Å². The highest BCUT2D eigenvalue weighted by Gasteiger charge is 2.46. The molecule has 1 amide bonds. The molecule has 154 valence electrons.